The van der Waals surface area contributed by atoms with Crippen LogP contribution in [-0.2, 0) is 10.0 Å². The zero-order chi connectivity index (χ0) is 13.0. The standard InChI is InChI=1S/C11H8N4O2S/c12-8-9-3-1-4-10(7-9)18(16,17)15-11-5-2-6-13-14-11/h1-7H,(H,14,15). The molecule has 0 atom stereocenters. The monoisotopic (exact) mass is 260 g/mol. The molecule has 1 aromatic carbocycles. The number of nitrogens with zero attached hydrogens (tertiary/aromatic N) is 3. The first-order valence-corrected chi connectivity index (χ1v) is 6.41. The molecule has 18 heavy (non-hydrogen) atoms. The minimum atomic E-state index is -3.75. The average molecular weight is 260 g/mol. The molecule has 0 aliphatic rings. The van der Waals surface area contributed by atoms with E-state index in [1.54, 1.807) is 6.07 Å². The molecule has 0 fully saturated rings. The van der Waals surface area contributed by atoms with Gasteiger partial charge in [0.05, 0.1) is 16.5 Å². The van der Waals surface area contributed by atoms with Crippen LogP contribution in [0.3, 0.4) is 0 Å². The highest BCUT2D eigenvalue weighted by atomic mass is 32.2. The lowest BCUT2D eigenvalue weighted by Gasteiger charge is -2.06. The summed E-state index contributed by atoms with van der Waals surface area (Å²) in [6.07, 6.45) is 1.44. The molecule has 90 valence electrons. The molecule has 0 amide bonds. The molecule has 0 aliphatic carbocycles. The van der Waals surface area contributed by atoms with Crippen LogP contribution in [0.25, 0.3) is 0 Å². The van der Waals surface area contributed by atoms with E-state index in [9.17, 15) is 8.42 Å². The first-order chi connectivity index (χ1) is 8.62. The van der Waals surface area contributed by atoms with Gasteiger partial charge in [0.1, 0.15) is 0 Å². The van der Waals surface area contributed by atoms with Gasteiger partial charge in [-0.05, 0) is 30.3 Å². The second-order valence-electron chi connectivity index (χ2n) is 3.35. The number of anilines is 1. The van der Waals surface area contributed by atoms with Crippen molar-refractivity contribution in [2.75, 3.05) is 4.72 Å². The van der Waals surface area contributed by atoms with Gasteiger partial charge in [-0.1, -0.05) is 6.07 Å². The molecule has 1 heterocycles. The number of nitriles is 1. The predicted molar refractivity (Wildman–Crippen MR) is 64.0 cm³/mol. The van der Waals surface area contributed by atoms with Gasteiger partial charge in [0, 0.05) is 6.20 Å². The highest BCUT2D eigenvalue weighted by Gasteiger charge is 2.15. The molecule has 0 unspecified atom stereocenters. The van der Waals surface area contributed by atoms with Crippen molar-refractivity contribution in [1.29, 1.82) is 5.26 Å². The summed E-state index contributed by atoms with van der Waals surface area (Å²) >= 11 is 0. The number of rotatable bonds is 3. The molecule has 0 bridgehead atoms. The van der Waals surface area contributed by atoms with E-state index in [4.69, 9.17) is 5.26 Å². The predicted octanol–water partition coefficient (Wildman–Crippen LogP) is 1.15. The molecule has 1 N–H and O–H groups in total. The number of hydrogen-bond acceptors (Lipinski definition) is 5. The van der Waals surface area contributed by atoms with Crippen LogP contribution in [0, 0.1) is 11.3 Å². The van der Waals surface area contributed by atoms with Crippen molar-refractivity contribution in [3.05, 3.63) is 48.2 Å². The molecule has 7 heteroatoms. The van der Waals surface area contributed by atoms with Gasteiger partial charge in [-0.25, -0.2) is 8.42 Å². The van der Waals surface area contributed by atoms with Crippen molar-refractivity contribution in [3.8, 4) is 6.07 Å². The Labute approximate surface area is 104 Å². The second kappa shape index (κ2) is 4.81. The summed E-state index contributed by atoms with van der Waals surface area (Å²) in [5, 5.41) is 15.9. The van der Waals surface area contributed by atoms with Crippen molar-refractivity contribution < 1.29 is 8.42 Å². The molecular weight excluding hydrogens is 252 g/mol. The van der Waals surface area contributed by atoms with Crippen LogP contribution < -0.4 is 4.72 Å². The zero-order valence-corrected chi connectivity index (χ0v) is 9.92. The third-order valence-electron chi connectivity index (χ3n) is 2.08. The van der Waals surface area contributed by atoms with Gasteiger partial charge in [-0.15, -0.1) is 5.10 Å². The Morgan fingerprint density at radius 3 is 2.72 bits per heavy atom. The fourth-order valence-corrected chi connectivity index (χ4v) is 2.33. The molecule has 0 radical (unpaired) electrons. The van der Waals surface area contributed by atoms with E-state index >= 15 is 0 Å². The van der Waals surface area contributed by atoms with Gasteiger partial charge < -0.3 is 0 Å². The first-order valence-electron chi connectivity index (χ1n) is 4.92. The molecule has 0 saturated heterocycles. The average Bonchev–Trinajstić information content (AvgIpc) is 2.39. The van der Waals surface area contributed by atoms with Gasteiger partial charge in [-0.3, -0.25) is 4.72 Å². The highest BCUT2D eigenvalue weighted by Crippen LogP contribution is 2.14. The molecule has 1 aromatic heterocycles. The Kier molecular flexibility index (Phi) is 3.21. The maximum atomic E-state index is 12.0. The third-order valence-corrected chi connectivity index (χ3v) is 3.44. The van der Waals surface area contributed by atoms with Gasteiger partial charge in [0.2, 0.25) is 0 Å². The normalized spacial score (nSPS) is 10.6. The first kappa shape index (κ1) is 12.0. The van der Waals surface area contributed by atoms with E-state index in [0.717, 1.165) is 0 Å². The lowest BCUT2D eigenvalue weighted by molar-refractivity contribution is 0.601. The summed E-state index contributed by atoms with van der Waals surface area (Å²) in [6, 6.07) is 10.7. The summed E-state index contributed by atoms with van der Waals surface area (Å²) in [5.74, 6) is 0.125. The number of sulfonamides is 1. The number of nitrogens with one attached hydrogen (secondary N) is 1. The van der Waals surface area contributed by atoms with E-state index in [2.05, 4.69) is 14.9 Å². The Morgan fingerprint density at radius 1 is 1.22 bits per heavy atom. The van der Waals surface area contributed by atoms with E-state index < -0.39 is 10.0 Å². The number of aromatic nitrogens is 2. The summed E-state index contributed by atoms with van der Waals surface area (Å²) in [4.78, 5) is 0.00667. The Morgan fingerprint density at radius 2 is 2.06 bits per heavy atom. The summed E-state index contributed by atoms with van der Waals surface area (Å²) in [6.45, 7) is 0. The molecule has 0 saturated carbocycles. The SMILES string of the molecule is N#Cc1cccc(S(=O)(=O)Nc2cccnn2)c1. The van der Waals surface area contributed by atoms with Gasteiger partial charge in [0.25, 0.3) is 10.0 Å². The maximum Gasteiger partial charge on any atom is 0.263 e. The van der Waals surface area contributed by atoms with E-state index in [1.165, 1.54) is 36.5 Å². The van der Waals surface area contributed by atoms with Crippen LogP contribution in [0.1, 0.15) is 5.56 Å². The zero-order valence-electron chi connectivity index (χ0n) is 9.11. The topological polar surface area (TPSA) is 95.7 Å². The van der Waals surface area contributed by atoms with Crippen molar-refractivity contribution in [2.24, 2.45) is 0 Å². The van der Waals surface area contributed by atoms with E-state index in [-0.39, 0.29) is 16.3 Å². The van der Waals surface area contributed by atoms with Gasteiger partial charge >= 0.3 is 0 Å². The van der Waals surface area contributed by atoms with Crippen LogP contribution in [-0.4, -0.2) is 18.6 Å². The highest BCUT2D eigenvalue weighted by molar-refractivity contribution is 7.92. The second-order valence-corrected chi connectivity index (χ2v) is 5.04. The van der Waals surface area contributed by atoms with Crippen molar-refractivity contribution >= 4 is 15.8 Å². The van der Waals surface area contributed by atoms with E-state index in [1.807, 2.05) is 6.07 Å². The van der Waals surface area contributed by atoms with Crippen molar-refractivity contribution in [1.82, 2.24) is 10.2 Å². The minimum absolute atomic E-state index is 0.00667. The molecule has 2 aromatic rings. The lowest BCUT2D eigenvalue weighted by atomic mass is 10.2. The summed E-state index contributed by atoms with van der Waals surface area (Å²) < 4.78 is 26.2. The van der Waals surface area contributed by atoms with Crippen LogP contribution in [0.5, 0.6) is 0 Å². The third kappa shape index (κ3) is 2.61. The van der Waals surface area contributed by atoms with Crippen LogP contribution in [0.15, 0.2) is 47.5 Å². The minimum Gasteiger partial charge on any atom is -0.262 e. The van der Waals surface area contributed by atoms with Crippen molar-refractivity contribution in [3.63, 3.8) is 0 Å². The Bertz CT molecular complexity index is 692. The van der Waals surface area contributed by atoms with Crippen LogP contribution in [0.2, 0.25) is 0 Å². The summed E-state index contributed by atoms with van der Waals surface area (Å²) in [5.41, 5.74) is 0.275. The van der Waals surface area contributed by atoms with E-state index in [0.29, 0.717) is 0 Å². The largest absolute Gasteiger partial charge is 0.263 e. The number of hydrogen-bond donors (Lipinski definition) is 1. The lowest BCUT2D eigenvalue weighted by Crippen LogP contribution is -2.14. The fraction of sp³-hybridized carbons (Fsp3) is 0. The molecule has 0 aliphatic heterocycles. The smallest absolute Gasteiger partial charge is 0.262 e. The van der Waals surface area contributed by atoms with Crippen molar-refractivity contribution in [2.45, 2.75) is 4.90 Å². The molecule has 2 rings (SSSR count). The molecule has 6 nitrogen and oxygen atoms in total. The Balaban J connectivity index is 2.34. The quantitative estimate of drug-likeness (QED) is 0.893. The number of benzene rings is 1. The van der Waals surface area contributed by atoms with Gasteiger partial charge in [-0.2, -0.15) is 10.4 Å². The van der Waals surface area contributed by atoms with Crippen LogP contribution >= 0.6 is 0 Å². The molecule has 0 spiro atoms. The Hall–Kier alpha value is -2.46. The molecular formula is C11H8N4O2S. The van der Waals surface area contributed by atoms with Gasteiger partial charge in [0.15, 0.2) is 5.82 Å². The maximum absolute atomic E-state index is 12.0. The van der Waals surface area contributed by atoms with Crippen LogP contribution in [0.4, 0.5) is 5.82 Å². The fourth-order valence-electron chi connectivity index (χ4n) is 1.29. The summed E-state index contributed by atoms with van der Waals surface area (Å²) in [7, 11) is -3.75.